The lowest BCUT2D eigenvalue weighted by atomic mass is 9.71. The molecule has 1 saturated carbocycles. The second-order valence-electron chi connectivity index (χ2n) is 6.93. The summed E-state index contributed by atoms with van der Waals surface area (Å²) in [6.45, 7) is 10.2. The van der Waals surface area contributed by atoms with Crippen molar-refractivity contribution in [3.63, 3.8) is 0 Å². The molecule has 0 heterocycles. The zero-order valence-electron chi connectivity index (χ0n) is 14.1. The third-order valence-corrected chi connectivity index (χ3v) is 4.77. The fourth-order valence-corrected chi connectivity index (χ4v) is 3.49. The monoisotopic (exact) mass is 289 g/mol. The molecule has 0 radical (unpaired) electrons. The molecular weight excluding hydrogens is 258 g/mol. The summed E-state index contributed by atoms with van der Waals surface area (Å²) in [5.74, 6) is 1.07. The third kappa shape index (κ3) is 4.00. The first-order chi connectivity index (χ1) is 10.1. The fourth-order valence-electron chi connectivity index (χ4n) is 3.49. The maximum absolute atomic E-state index is 6.46. The molecule has 21 heavy (non-hydrogen) atoms. The van der Waals surface area contributed by atoms with Gasteiger partial charge in [-0.05, 0) is 55.7 Å². The standard InChI is InChI=1S/C19H31NO/c1-5-14-20-18-17(12-9-13-19(18,3)4)21-16-11-8-7-10-15(16)6-2/h7-8,10-11,17-18,20H,5-6,9,12-14H2,1-4H3. The number of rotatable bonds is 6. The van der Waals surface area contributed by atoms with Crippen LogP contribution in [0.2, 0.25) is 0 Å². The molecule has 2 heteroatoms. The Hall–Kier alpha value is -1.02. The molecule has 118 valence electrons. The van der Waals surface area contributed by atoms with Gasteiger partial charge in [0.2, 0.25) is 0 Å². The molecule has 1 aromatic rings. The fraction of sp³-hybridized carbons (Fsp3) is 0.684. The Labute approximate surface area is 130 Å². The van der Waals surface area contributed by atoms with Gasteiger partial charge in [0.1, 0.15) is 11.9 Å². The molecule has 0 aliphatic heterocycles. The van der Waals surface area contributed by atoms with Crippen LogP contribution in [-0.4, -0.2) is 18.7 Å². The van der Waals surface area contributed by atoms with Gasteiger partial charge in [-0.1, -0.05) is 45.9 Å². The van der Waals surface area contributed by atoms with E-state index in [1.165, 1.54) is 24.8 Å². The molecule has 1 N–H and O–H groups in total. The lowest BCUT2D eigenvalue weighted by Crippen LogP contribution is -2.54. The quantitative estimate of drug-likeness (QED) is 0.828. The van der Waals surface area contributed by atoms with Crippen LogP contribution in [0.4, 0.5) is 0 Å². The minimum atomic E-state index is 0.285. The molecule has 1 aliphatic rings. The maximum Gasteiger partial charge on any atom is 0.122 e. The number of benzene rings is 1. The number of hydrogen-bond acceptors (Lipinski definition) is 2. The molecular formula is C19H31NO. The van der Waals surface area contributed by atoms with Crippen LogP contribution in [0.15, 0.2) is 24.3 Å². The molecule has 2 unspecified atom stereocenters. The number of ether oxygens (including phenoxy) is 1. The minimum Gasteiger partial charge on any atom is -0.489 e. The Balaban J connectivity index is 2.15. The van der Waals surface area contributed by atoms with Gasteiger partial charge in [-0.3, -0.25) is 0 Å². The average Bonchev–Trinajstić information content (AvgIpc) is 2.46. The van der Waals surface area contributed by atoms with Crippen molar-refractivity contribution in [3.8, 4) is 5.75 Å². The van der Waals surface area contributed by atoms with E-state index in [4.69, 9.17) is 4.74 Å². The number of nitrogens with one attached hydrogen (secondary N) is 1. The van der Waals surface area contributed by atoms with Crippen molar-refractivity contribution in [2.75, 3.05) is 6.54 Å². The zero-order valence-corrected chi connectivity index (χ0v) is 14.1. The van der Waals surface area contributed by atoms with Crippen LogP contribution >= 0.6 is 0 Å². The summed E-state index contributed by atoms with van der Waals surface area (Å²) >= 11 is 0. The van der Waals surface area contributed by atoms with Gasteiger partial charge >= 0.3 is 0 Å². The van der Waals surface area contributed by atoms with Gasteiger partial charge in [0.05, 0.1) is 0 Å². The lowest BCUT2D eigenvalue weighted by molar-refractivity contribution is 0.0359. The summed E-state index contributed by atoms with van der Waals surface area (Å²) in [4.78, 5) is 0. The molecule has 1 fully saturated rings. The van der Waals surface area contributed by atoms with Gasteiger partial charge in [-0.25, -0.2) is 0 Å². The van der Waals surface area contributed by atoms with Crippen LogP contribution in [0.3, 0.4) is 0 Å². The highest BCUT2D eigenvalue weighted by atomic mass is 16.5. The van der Waals surface area contributed by atoms with Crippen molar-refractivity contribution in [1.29, 1.82) is 0 Å². The van der Waals surface area contributed by atoms with Crippen LogP contribution in [0.1, 0.15) is 58.9 Å². The van der Waals surface area contributed by atoms with Crippen molar-refractivity contribution in [1.82, 2.24) is 5.32 Å². The Morgan fingerprint density at radius 1 is 1.24 bits per heavy atom. The van der Waals surface area contributed by atoms with Crippen molar-refractivity contribution >= 4 is 0 Å². The van der Waals surface area contributed by atoms with Gasteiger partial charge < -0.3 is 10.1 Å². The molecule has 2 rings (SSSR count). The largest absolute Gasteiger partial charge is 0.489 e. The molecule has 0 amide bonds. The summed E-state index contributed by atoms with van der Waals surface area (Å²) in [6, 6.07) is 8.92. The lowest BCUT2D eigenvalue weighted by Gasteiger charge is -2.44. The Morgan fingerprint density at radius 3 is 2.71 bits per heavy atom. The van der Waals surface area contributed by atoms with Crippen molar-refractivity contribution in [3.05, 3.63) is 29.8 Å². The number of para-hydroxylation sites is 1. The maximum atomic E-state index is 6.46. The Kier molecular flexibility index (Phi) is 5.69. The van der Waals surface area contributed by atoms with Crippen molar-refractivity contribution in [2.45, 2.75) is 71.9 Å². The first-order valence-electron chi connectivity index (χ1n) is 8.56. The van der Waals surface area contributed by atoms with E-state index < -0.39 is 0 Å². The van der Waals surface area contributed by atoms with E-state index in [9.17, 15) is 0 Å². The molecule has 0 bridgehead atoms. The van der Waals surface area contributed by atoms with Crippen LogP contribution in [0.5, 0.6) is 5.75 Å². The van der Waals surface area contributed by atoms with Crippen LogP contribution in [0, 0.1) is 5.41 Å². The topological polar surface area (TPSA) is 21.3 Å². The van der Waals surface area contributed by atoms with Gasteiger partial charge in [0.15, 0.2) is 0 Å². The highest BCUT2D eigenvalue weighted by Crippen LogP contribution is 2.38. The minimum absolute atomic E-state index is 0.285. The summed E-state index contributed by atoms with van der Waals surface area (Å²) in [5, 5.41) is 3.74. The van der Waals surface area contributed by atoms with E-state index in [0.717, 1.165) is 25.1 Å². The predicted molar refractivity (Wildman–Crippen MR) is 89.9 cm³/mol. The predicted octanol–water partition coefficient (Wildman–Crippen LogP) is 4.57. The van der Waals surface area contributed by atoms with Gasteiger partial charge in [-0.2, -0.15) is 0 Å². The van der Waals surface area contributed by atoms with E-state index in [1.807, 2.05) is 0 Å². The number of hydrogen-bond donors (Lipinski definition) is 1. The first-order valence-corrected chi connectivity index (χ1v) is 8.56. The molecule has 0 saturated heterocycles. The SMILES string of the molecule is CCCNC1C(Oc2ccccc2CC)CCCC1(C)C. The van der Waals surface area contributed by atoms with Gasteiger partial charge in [0.25, 0.3) is 0 Å². The summed E-state index contributed by atoms with van der Waals surface area (Å²) in [5.41, 5.74) is 1.62. The number of aryl methyl sites for hydroxylation is 1. The summed E-state index contributed by atoms with van der Waals surface area (Å²) < 4.78 is 6.46. The van der Waals surface area contributed by atoms with Crippen LogP contribution < -0.4 is 10.1 Å². The first kappa shape index (κ1) is 16.4. The third-order valence-electron chi connectivity index (χ3n) is 4.77. The van der Waals surface area contributed by atoms with Crippen LogP contribution in [-0.2, 0) is 6.42 Å². The second-order valence-corrected chi connectivity index (χ2v) is 6.93. The van der Waals surface area contributed by atoms with Crippen molar-refractivity contribution < 1.29 is 4.74 Å². The normalized spacial score (nSPS) is 24.8. The Bertz CT molecular complexity index is 441. The molecule has 2 nitrogen and oxygen atoms in total. The zero-order chi connectivity index (χ0) is 15.3. The van der Waals surface area contributed by atoms with Crippen molar-refractivity contribution in [2.24, 2.45) is 5.41 Å². The van der Waals surface area contributed by atoms with Gasteiger partial charge in [0, 0.05) is 6.04 Å². The molecule has 2 atom stereocenters. The average molecular weight is 289 g/mol. The molecule has 1 aromatic carbocycles. The summed E-state index contributed by atoms with van der Waals surface area (Å²) in [6.07, 6.45) is 6.18. The van der Waals surface area contributed by atoms with Gasteiger partial charge in [-0.15, -0.1) is 0 Å². The smallest absolute Gasteiger partial charge is 0.122 e. The van der Waals surface area contributed by atoms with E-state index in [0.29, 0.717) is 11.5 Å². The Morgan fingerprint density at radius 2 is 2.00 bits per heavy atom. The van der Waals surface area contributed by atoms with E-state index in [-0.39, 0.29) is 6.10 Å². The van der Waals surface area contributed by atoms with Crippen LogP contribution in [0.25, 0.3) is 0 Å². The molecule has 0 spiro atoms. The molecule has 0 aromatic heterocycles. The van der Waals surface area contributed by atoms with E-state index in [1.54, 1.807) is 0 Å². The van der Waals surface area contributed by atoms with E-state index >= 15 is 0 Å². The summed E-state index contributed by atoms with van der Waals surface area (Å²) in [7, 11) is 0. The highest BCUT2D eigenvalue weighted by molar-refractivity contribution is 5.33. The second kappa shape index (κ2) is 7.31. The van der Waals surface area contributed by atoms with E-state index in [2.05, 4.69) is 57.3 Å². The molecule has 1 aliphatic carbocycles. The highest BCUT2D eigenvalue weighted by Gasteiger charge is 2.40.